The number of hydrogen-bond donors (Lipinski definition) is 2. The number of nitrogens with one attached hydrogen (secondary N) is 1. The van der Waals surface area contributed by atoms with Crippen LogP contribution >= 0.6 is 0 Å². The lowest BCUT2D eigenvalue weighted by molar-refractivity contribution is -0.142. The molecule has 2 N–H and O–H groups in total. The molecule has 0 spiro atoms. The normalized spacial score (nSPS) is 21.1. The maximum atomic E-state index is 14.2. The number of aliphatic hydroxyl groups is 1. The van der Waals surface area contributed by atoms with Gasteiger partial charge in [0, 0.05) is 44.8 Å². The lowest BCUT2D eigenvalue weighted by Gasteiger charge is -2.35. The minimum Gasteiger partial charge on any atom is -0.490 e. The molecule has 4 atom stereocenters. The Morgan fingerprint density at radius 2 is 1.94 bits per heavy atom. The summed E-state index contributed by atoms with van der Waals surface area (Å²) in [6, 6.07) is 3.59. The lowest BCUT2D eigenvalue weighted by atomic mass is 10.0. The van der Waals surface area contributed by atoms with Gasteiger partial charge in [0.15, 0.2) is 5.76 Å². The second-order valence-electron chi connectivity index (χ2n) is 12.1. The van der Waals surface area contributed by atoms with E-state index < -0.39 is 65.5 Å². The number of nitrogens with zero attached hydrogens (tertiary/aromatic N) is 3. The molecule has 0 bridgehead atoms. The fourth-order valence-corrected chi connectivity index (χ4v) is 6.76. The average Bonchev–Trinajstić information content (AvgIpc) is 3.35. The van der Waals surface area contributed by atoms with E-state index in [1.165, 1.54) is 41.4 Å². The number of likely N-dealkylation sites (N-methyl/N-ethyl adjacent to an activating group) is 1. The van der Waals surface area contributed by atoms with E-state index in [9.17, 15) is 36.3 Å². The van der Waals surface area contributed by atoms with Crippen molar-refractivity contribution in [3.05, 3.63) is 35.2 Å². The molecule has 0 saturated carbocycles. The van der Waals surface area contributed by atoms with E-state index in [-0.39, 0.29) is 52.5 Å². The SMILES string of the molecule is Cc1noc(C)c1S(=O)(=O)N(C)C[C@H]1OCCCC[C@H](C)Oc2ccc(NC(=O)CCC(F)(F)F)cc2C(=O)N([C@H](C)CO)C[C@H]1C. The molecule has 47 heavy (non-hydrogen) atoms. The Balaban J connectivity index is 1.95. The lowest BCUT2D eigenvalue weighted by Crippen LogP contribution is -2.48. The summed E-state index contributed by atoms with van der Waals surface area (Å²) in [5.41, 5.74) is 0.387. The molecular weight excluding hydrogens is 645 g/mol. The number of rotatable bonds is 9. The number of hydrogen-bond acceptors (Lipinski definition) is 9. The number of ether oxygens (including phenoxy) is 2. The van der Waals surface area contributed by atoms with E-state index in [0.29, 0.717) is 25.9 Å². The van der Waals surface area contributed by atoms with Gasteiger partial charge in [-0.15, -0.1) is 0 Å². The zero-order valence-electron chi connectivity index (χ0n) is 27.6. The molecule has 16 heteroatoms. The topological polar surface area (TPSA) is 152 Å². The molecule has 2 aromatic rings. The number of carbonyl (C=O) groups is 2. The number of aryl methyl sites for hydroxylation is 2. The number of benzene rings is 1. The van der Waals surface area contributed by atoms with Crippen LogP contribution < -0.4 is 10.1 Å². The molecule has 3 rings (SSSR count). The number of aliphatic hydroxyl groups excluding tert-OH is 1. The average molecular weight is 691 g/mol. The molecule has 0 fully saturated rings. The third-order valence-corrected chi connectivity index (χ3v) is 10.1. The number of carbonyl (C=O) groups excluding carboxylic acids is 2. The number of anilines is 1. The number of aromatic nitrogens is 1. The molecule has 0 radical (unpaired) electrons. The van der Waals surface area contributed by atoms with Gasteiger partial charge in [0.05, 0.1) is 36.8 Å². The summed E-state index contributed by atoms with van der Waals surface area (Å²) in [6.45, 7) is 8.28. The quantitative estimate of drug-likeness (QED) is 0.382. The minimum absolute atomic E-state index is 0.0221. The fourth-order valence-electron chi connectivity index (χ4n) is 5.29. The largest absolute Gasteiger partial charge is 0.490 e. The van der Waals surface area contributed by atoms with Gasteiger partial charge in [0.1, 0.15) is 16.3 Å². The van der Waals surface area contributed by atoms with Crippen LogP contribution in [0.15, 0.2) is 27.6 Å². The van der Waals surface area contributed by atoms with Crippen molar-refractivity contribution < 1.29 is 50.3 Å². The molecule has 1 aromatic carbocycles. The first-order chi connectivity index (χ1) is 21.9. The number of amides is 2. The highest BCUT2D eigenvalue weighted by Gasteiger charge is 2.34. The number of sulfonamides is 1. The predicted octanol–water partition coefficient (Wildman–Crippen LogP) is 4.69. The Bertz CT molecular complexity index is 1460. The molecule has 264 valence electrons. The molecular formula is C31H45F3N4O8S. The van der Waals surface area contributed by atoms with E-state index in [0.717, 1.165) is 0 Å². The van der Waals surface area contributed by atoms with Crippen molar-refractivity contribution in [3.63, 3.8) is 0 Å². The Labute approximate surface area is 273 Å². The van der Waals surface area contributed by atoms with Crippen LogP contribution in [-0.2, 0) is 19.6 Å². The van der Waals surface area contributed by atoms with E-state index in [4.69, 9.17) is 14.0 Å². The second-order valence-corrected chi connectivity index (χ2v) is 14.1. The van der Waals surface area contributed by atoms with Crippen molar-refractivity contribution in [2.24, 2.45) is 5.92 Å². The molecule has 0 saturated heterocycles. The molecule has 2 heterocycles. The van der Waals surface area contributed by atoms with Gasteiger partial charge in [-0.1, -0.05) is 12.1 Å². The summed E-state index contributed by atoms with van der Waals surface area (Å²) in [5.74, 6) is -1.48. The van der Waals surface area contributed by atoms with Crippen LogP contribution in [0, 0.1) is 19.8 Å². The van der Waals surface area contributed by atoms with Gasteiger partial charge < -0.3 is 29.3 Å². The Morgan fingerprint density at radius 1 is 1.23 bits per heavy atom. The Hall–Kier alpha value is -3.21. The van der Waals surface area contributed by atoms with Gasteiger partial charge in [-0.25, -0.2) is 8.42 Å². The second kappa shape index (κ2) is 16.3. The molecule has 0 unspecified atom stereocenters. The van der Waals surface area contributed by atoms with E-state index >= 15 is 0 Å². The first-order valence-corrected chi connectivity index (χ1v) is 17.0. The summed E-state index contributed by atoms with van der Waals surface area (Å²) in [6.07, 6.45) is -5.60. The molecule has 1 aliphatic heterocycles. The highest BCUT2D eigenvalue weighted by atomic mass is 32.2. The summed E-state index contributed by atoms with van der Waals surface area (Å²) in [7, 11) is -2.57. The minimum atomic E-state index is -4.50. The third kappa shape index (κ3) is 10.4. The predicted molar refractivity (Wildman–Crippen MR) is 167 cm³/mol. The molecule has 1 aliphatic rings. The van der Waals surface area contributed by atoms with Gasteiger partial charge in [0.2, 0.25) is 15.9 Å². The van der Waals surface area contributed by atoms with Crippen LogP contribution in [0.5, 0.6) is 5.75 Å². The highest BCUT2D eigenvalue weighted by molar-refractivity contribution is 7.89. The first-order valence-electron chi connectivity index (χ1n) is 15.5. The van der Waals surface area contributed by atoms with Crippen LogP contribution in [0.1, 0.15) is 74.7 Å². The van der Waals surface area contributed by atoms with Gasteiger partial charge in [-0.3, -0.25) is 9.59 Å². The molecule has 2 amide bonds. The van der Waals surface area contributed by atoms with Gasteiger partial charge in [-0.05, 0) is 65.2 Å². The summed E-state index contributed by atoms with van der Waals surface area (Å²) in [4.78, 5) is 27.8. The van der Waals surface area contributed by atoms with Crippen molar-refractivity contribution in [1.29, 1.82) is 0 Å². The summed E-state index contributed by atoms with van der Waals surface area (Å²) in [5, 5.41) is 16.3. The molecule has 1 aromatic heterocycles. The van der Waals surface area contributed by atoms with Crippen LogP contribution in [0.2, 0.25) is 0 Å². The van der Waals surface area contributed by atoms with E-state index in [1.807, 2.05) is 13.8 Å². The van der Waals surface area contributed by atoms with E-state index in [1.54, 1.807) is 13.8 Å². The zero-order chi connectivity index (χ0) is 35.1. The van der Waals surface area contributed by atoms with Crippen molar-refractivity contribution in [2.75, 3.05) is 38.7 Å². The van der Waals surface area contributed by atoms with Crippen molar-refractivity contribution >= 4 is 27.5 Å². The maximum absolute atomic E-state index is 14.2. The van der Waals surface area contributed by atoms with Gasteiger partial charge >= 0.3 is 6.18 Å². The van der Waals surface area contributed by atoms with Gasteiger partial charge in [0.25, 0.3) is 5.91 Å². The maximum Gasteiger partial charge on any atom is 0.389 e. The summed E-state index contributed by atoms with van der Waals surface area (Å²) >= 11 is 0. The standard InChI is InChI=1S/C31H45F3N4O8S/c1-19-16-38(20(2)18-39)30(41)25-15-24(35-28(40)12-13-31(32,33)34)10-11-26(25)45-21(3)9-7-8-14-44-27(19)17-37(6)47(42,43)29-22(4)36-46-23(29)5/h10-11,15,19-21,27,39H,7-9,12-14,16-18H2,1-6H3,(H,35,40)/t19-,20-,21+,27-/m1/s1. The van der Waals surface area contributed by atoms with Crippen LogP contribution in [0.4, 0.5) is 18.9 Å². The van der Waals surface area contributed by atoms with Gasteiger partial charge in [-0.2, -0.15) is 17.5 Å². The highest BCUT2D eigenvalue weighted by Crippen LogP contribution is 2.30. The fraction of sp³-hybridized carbons (Fsp3) is 0.645. The number of halogens is 3. The number of alkyl halides is 3. The van der Waals surface area contributed by atoms with E-state index in [2.05, 4.69) is 10.5 Å². The molecule has 0 aliphatic carbocycles. The monoisotopic (exact) mass is 690 g/mol. The Morgan fingerprint density at radius 3 is 2.55 bits per heavy atom. The summed E-state index contributed by atoms with van der Waals surface area (Å²) < 4.78 is 83.6. The first kappa shape index (κ1) is 38.2. The Kier molecular flexibility index (Phi) is 13.2. The van der Waals surface area contributed by atoms with Crippen LogP contribution in [-0.4, -0.2) is 97.5 Å². The molecule has 12 nitrogen and oxygen atoms in total. The van der Waals surface area contributed by atoms with Crippen LogP contribution in [0.3, 0.4) is 0 Å². The number of fused-ring (bicyclic) bond motifs is 1. The van der Waals surface area contributed by atoms with Crippen LogP contribution in [0.25, 0.3) is 0 Å². The van der Waals surface area contributed by atoms with Crippen molar-refractivity contribution in [1.82, 2.24) is 14.4 Å². The van der Waals surface area contributed by atoms with Crippen molar-refractivity contribution in [2.45, 2.75) is 96.0 Å². The third-order valence-electron chi connectivity index (χ3n) is 8.04. The zero-order valence-corrected chi connectivity index (χ0v) is 28.4. The smallest absolute Gasteiger partial charge is 0.389 e. The van der Waals surface area contributed by atoms with Crippen molar-refractivity contribution in [3.8, 4) is 5.75 Å².